The van der Waals surface area contributed by atoms with Gasteiger partial charge in [-0.25, -0.2) is 0 Å². The topological polar surface area (TPSA) is 58.6 Å². The van der Waals surface area contributed by atoms with E-state index in [9.17, 15) is 9.59 Å². The van der Waals surface area contributed by atoms with Crippen LogP contribution in [0.2, 0.25) is 0 Å². The van der Waals surface area contributed by atoms with Crippen molar-refractivity contribution in [2.24, 2.45) is 0 Å². The van der Waals surface area contributed by atoms with Crippen LogP contribution < -0.4 is 10.1 Å². The Labute approximate surface area is 244 Å². The van der Waals surface area contributed by atoms with E-state index in [1.54, 1.807) is 4.90 Å². The van der Waals surface area contributed by atoms with Gasteiger partial charge in [0, 0.05) is 19.0 Å². The molecule has 0 aromatic heterocycles. The maximum Gasteiger partial charge on any atom is 0.261 e. The molecule has 1 N–H and O–H groups in total. The highest BCUT2D eigenvalue weighted by molar-refractivity contribution is 9.10. The summed E-state index contributed by atoms with van der Waals surface area (Å²) in [5.74, 6) is 0.258. The van der Waals surface area contributed by atoms with Gasteiger partial charge in [-0.3, -0.25) is 9.59 Å². The van der Waals surface area contributed by atoms with Crippen molar-refractivity contribution >= 4 is 38.5 Å². The summed E-state index contributed by atoms with van der Waals surface area (Å²) in [4.78, 5) is 29.5. The molecule has 0 aliphatic heterocycles. The lowest BCUT2D eigenvalue weighted by Gasteiger charge is -2.33. The molecule has 5 nitrogen and oxygen atoms in total. The molecular weight excluding hydrogens is 564 g/mol. The largest absolute Gasteiger partial charge is 0.483 e. The van der Waals surface area contributed by atoms with Gasteiger partial charge >= 0.3 is 0 Å². The number of rotatable bonds is 10. The molecule has 0 radical (unpaired) electrons. The highest BCUT2D eigenvalue weighted by Crippen LogP contribution is 2.33. The van der Waals surface area contributed by atoms with Crippen molar-refractivity contribution in [2.45, 2.75) is 57.2 Å². The summed E-state index contributed by atoms with van der Waals surface area (Å²) in [7, 11) is 0. The Morgan fingerprint density at radius 1 is 0.825 bits per heavy atom. The van der Waals surface area contributed by atoms with E-state index in [2.05, 4.69) is 21.2 Å². The van der Waals surface area contributed by atoms with Gasteiger partial charge in [0.1, 0.15) is 11.8 Å². The number of hydrogen-bond acceptors (Lipinski definition) is 3. The number of amides is 2. The number of fused-ring (bicyclic) bond motifs is 1. The SMILES string of the molecule is O=C(NC1CCCCC1)[C@@H](Cc1ccccc1)N(Cc1ccccc1)C(=O)COc1ccc2ccccc2c1Br. The normalized spacial score (nSPS) is 14.4. The zero-order chi connectivity index (χ0) is 27.7. The minimum Gasteiger partial charge on any atom is -0.483 e. The average molecular weight is 600 g/mol. The van der Waals surface area contributed by atoms with Crippen molar-refractivity contribution in [2.75, 3.05) is 6.61 Å². The molecule has 0 unspecified atom stereocenters. The van der Waals surface area contributed by atoms with Gasteiger partial charge in [0.15, 0.2) is 6.61 Å². The highest BCUT2D eigenvalue weighted by atomic mass is 79.9. The molecule has 5 rings (SSSR count). The fourth-order valence-electron chi connectivity index (χ4n) is 5.43. The third kappa shape index (κ3) is 7.11. The van der Waals surface area contributed by atoms with E-state index in [4.69, 9.17) is 4.74 Å². The minimum absolute atomic E-state index is 0.105. The third-order valence-corrected chi connectivity index (χ3v) is 8.42. The van der Waals surface area contributed by atoms with Crippen molar-refractivity contribution < 1.29 is 14.3 Å². The molecular formula is C34H35BrN2O3. The highest BCUT2D eigenvalue weighted by Gasteiger charge is 2.32. The second-order valence-electron chi connectivity index (χ2n) is 10.4. The maximum atomic E-state index is 13.9. The fraction of sp³-hybridized carbons (Fsp3) is 0.294. The van der Waals surface area contributed by atoms with Crippen LogP contribution in [0.3, 0.4) is 0 Å². The van der Waals surface area contributed by atoms with Gasteiger partial charge in [-0.15, -0.1) is 0 Å². The van der Waals surface area contributed by atoms with Crippen LogP contribution >= 0.6 is 15.9 Å². The number of carbonyl (C=O) groups excluding carboxylic acids is 2. The van der Waals surface area contributed by atoms with Crippen LogP contribution in [0.5, 0.6) is 5.75 Å². The van der Waals surface area contributed by atoms with Gasteiger partial charge in [0.25, 0.3) is 5.91 Å². The molecule has 2 amide bonds. The van der Waals surface area contributed by atoms with Crippen molar-refractivity contribution in [1.82, 2.24) is 10.2 Å². The van der Waals surface area contributed by atoms with Crippen LogP contribution in [-0.4, -0.2) is 35.4 Å². The van der Waals surface area contributed by atoms with Gasteiger partial charge in [-0.05, 0) is 56.7 Å². The zero-order valence-electron chi connectivity index (χ0n) is 22.6. The number of nitrogens with zero attached hydrogens (tertiary/aromatic N) is 1. The first-order valence-corrected chi connectivity index (χ1v) is 14.9. The van der Waals surface area contributed by atoms with Gasteiger partial charge in [0.2, 0.25) is 5.91 Å². The molecule has 0 bridgehead atoms. The van der Waals surface area contributed by atoms with Crippen LogP contribution in [0.1, 0.15) is 43.2 Å². The Kier molecular flexibility index (Phi) is 9.50. The Morgan fingerprint density at radius 3 is 2.20 bits per heavy atom. The summed E-state index contributed by atoms with van der Waals surface area (Å²) in [5, 5.41) is 5.38. The van der Waals surface area contributed by atoms with E-state index >= 15 is 0 Å². The van der Waals surface area contributed by atoms with Gasteiger partial charge in [-0.1, -0.05) is 110 Å². The Balaban J connectivity index is 1.41. The first kappa shape index (κ1) is 27.9. The van der Waals surface area contributed by atoms with E-state index in [-0.39, 0.29) is 24.5 Å². The predicted octanol–water partition coefficient (Wildman–Crippen LogP) is 7.07. The van der Waals surface area contributed by atoms with Crippen LogP contribution in [0, 0.1) is 0 Å². The lowest BCUT2D eigenvalue weighted by molar-refractivity contribution is -0.143. The average Bonchev–Trinajstić information content (AvgIpc) is 3.00. The number of halogens is 1. The Bertz CT molecular complexity index is 1420. The first-order chi connectivity index (χ1) is 19.6. The van der Waals surface area contributed by atoms with E-state index in [0.717, 1.165) is 52.1 Å². The Hall–Kier alpha value is -3.64. The van der Waals surface area contributed by atoms with Crippen LogP contribution in [-0.2, 0) is 22.6 Å². The van der Waals surface area contributed by atoms with Crippen LogP contribution in [0.25, 0.3) is 10.8 Å². The second-order valence-corrected chi connectivity index (χ2v) is 11.2. The van der Waals surface area contributed by atoms with Crippen molar-refractivity contribution in [3.05, 3.63) is 113 Å². The number of hydrogen-bond donors (Lipinski definition) is 1. The van der Waals surface area contributed by atoms with Gasteiger partial charge in [0.05, 0.1) is 4.47 Å². The lowest BCUT2D eigenvalue weighted by Crippen LogP contribution is -2.53. The molecule has 206 valence electrons. The molecule has 6 heteroatoms. The number of nitrogens with one attached hydrogen (secondary N) is 1. The molecule has 4 aromatic carbocycles. The van der Waals surface area contributed by atoms with E-state index in [1.165, 1.54) is 6.42 Å². The molecule has 0 spiro atoms. The monoisotopic (exact) mass is 598 g/mol. The number of benzene rings is 4. The molecule has 40 heavy (non-hydrogen) atoms. The standard InChI is InChI=1S/C34H35BrN2O3/c35-33-29-19-11-10-16-27(29)20-21-31(33)40-24-32(38)37(23-26-14-6-2-7-15-26)30(22-25-12-4-1-5-13-25)34(39)36-28-17-8-3-9-18-28/h1-2,4-7,10-16,19-21,28,30H,3,8-9,17-18,22-24H2,(H,36,39)/t30-/m1/s1. The minimum atomic E-state index is -0.666. The van der Waals surface area contributed by atoms with Crippen LogP contribution in [0.15, 0.2) is 102 Å². The molecule has 4 aromatic rings. The van der Waals surface area contributed by atoms with E-state index in [1.807, 2.05) is 97.1 Å². The molecule has 0 heterocycles. The molecule has 1 atom stereocenters. The Morgan fingerprint density at radius 2 is 1.48 bits per heavy atom. The summed E-state index contributed by atoms with van der Waals surface area (Å²) in [6, 6.07) is 31.1. The summed E-state index contributed by atoms with van der Waals surface area (Å²) in [6.45, 7) is 0.142. The zero-order valence-corrected chi connectivity index (χ0v) is 24.2. The predicted molar refractivity (Wildman–Crippen MR) is 163 cm³/mol. The maximum absolute atomic E-state index is 13.9. The molecule has 1 aliphatic rings. The summed E-state index contributed by atoms with van der Waals surface area (Å²) < 4.78 is 6.89. The van der Waals surface area contributed by atoms with E-state index < -0.39 is 6.04 Å². The number of ether oxygens (including phenoxy) is 1. The number of carbonyl (C=O) groups is 2. The van der Waals surface area contributed by atoms with Crippen molar-refractivity contribution in [3.8, 4) is 5.75 Å². The van der Waals surface area contributed by atoms with Gasteiger partial charge in [-0.2, -0.15) is 0 Å². The summed E-state index contributed by atoms with van der Waals surface area (Å²) in [6.07, 6.45) is 5.84. The second kappa shape index (κ2) is 13.6. The fourth-order valence-corrected chi connectivity index (χ4v) is 6.03. The first-order valence-electron chi connectivity index (χ1n) is 14.1. The van der Waals surface area contributed by atoms with Crippen molar-refractivity contribution in [1.29, 1.82) is 0 Å². The summed E-state index contributed by atoms with van der Waals surface area (Å²) in [5.41, 5.74) is 1.97. The van der Waals surface area contributed by atoms with Crippen molar-refractivity contribution in [3.63, 3.8) is 0 Å². The molecule has 1 saturated carbocycles. The molecule has 1 fully saturated rings. The quantitative estimate of drug-likeness (QED) is 0.212. The smallest absolute Gasteiger partial charge is 0.261 e. The third-order valence-electron chi connectivity index (χ3n) is 7.60. The van der Waals surface area contributed by atoms with Gasteiger partial charge < -0.3 is 15.0 Å². The molecule has 0 saturated heterocycles. The van der Waals surface area contributed by atoms with Crippen LogP contribution in [0.4, 0.5) is 0 Å². The summed E-state index contributed by atoms with van der Waals surface area (Å²) >= 11 is 3.66. The van der Waals surface area contributed by atoms with E-state index in [0.29, 0.717) is 18.7 Å². The molecule has 1 aliphatic carbocycles. The lowest BCUT2D eigenvalue weighted by atomic mass is 9.94.